The van der Waals surface area contributed by atoms with Crippen molar-refractivity contribution in [2.45, 2.75) is 25.4 Å². The predicted octanol–water partition coefficient (Wildman–Crippen LogP) is 2.44. The fourth-order valence-electron chi connectivity index (χ4n) is 2.37. The topological polar surface area (TPSA) is 41.1 Å². The lowest BCUT2D eigenvalue weighted by molar-refractivity contribution is -0.119. The molecule has 1 fully saturated rings. The van der Waals surface area contributed by atoms with E-state index in [1.165, 1.54) is 15.0 Å². The Kier molecular flexibility index (Phi) is 3.06. The number of nitrogens with one attached hydrogen (secondary N) is 2. The molecule has 1 aliphatic rings. The van der Waals surface area contributed by atoms with E-state index in [1.54, 1.807) is 0 Å². The van der Waals surface area contributed by atoms with Crippen LogP contribution in [0.5, 0.6) is 0 Å². The van der Waals surface area contributed by atoms with E-state index in [0.717, 1.165) is 6.54 Å². The SMILES string of the molecule is CC(NC1CNC(=O)C1)c1cc2ccccc2s1. The second-order valence-electron chi connectivity index (χ2n) is 4.78. The zero-order valence-electron chi connectivity index (χ0n) is 10.3. The molecule has 1 aliphatic heterocycles. The van der Waals surface area contributed by atoms with E-state index in [1.807, 2.05) is 11.3 Å². The Hall–Kier alpha value is -1.39. The molecule has 1 amide bonds. The molecular formula is C14H16N2OS. The number of rotatable bonds is 3. The predicted molar refractivity (Wildman–Crippen MR) is 74.8 cm³/mol. The molecule has 2 atom stereocenters. The lowest BCUT2D eigenvalue weighted by atomic mass is 10.2. The normalized spacial score (nSPS) is 21.2. The van der Waals surface area contributed by atoms with E-state index in [9.17, 15) is 4.79 Å². The van der Waals surface area contributed by atoms with Crippen molar-refractivity contribution in [3.05, 3.63) is 35.2 Å². The standard InChI is InChI=1S/C14H16N2OS/c1-9(16-11-7-14(17)15-8-11)13-6-10-4-2-3-5-12(10)18-13/h2-6,9,11,16H,7-8H2,1H3,(H,15,17). The number of carbonyl (C=O) groups is 1. The highest BCUT2D eigenvalue weighted by molar-refractivity contribution is 7.19. The monoisotopic (exact) mass is 260 g/mol. The van der Waals surface area contributed by atoms with Crippen molar-refractivity contribution in [2.75, 3.05) is 6.54 Å². The van der Waals surface area contributed by atoms with Gasteiger partial charge in [0.2, 0.25) is 5.91 Å². The maximum Gasteiger partial charge on any atom is 0.221 e. The van der Waals surface area contributed by atoms with Gasteiger partial charge in [-0.2, -0.15) is 0 Å². The molecule has 0 saturated carbocycles. The highest BCUT2D eigenvalue weighted by Crippen LogP contribution is 2.29. The molecule has 4 heteroatoms. The molecule has 1 saturated heterocycles. The fraction of sp³-hybridized carbons (Fsp3) is 0.357. The average Bonchev–Trinajstić information content (AvgIpc) is 2.95. The van der Waals surface area contributed by atoms with Crippen LogP contribution in [0.1, 0.15) is 24.3 Å². The van der Waals surface area contributed by atoms with Gasteiger partial charge in [-0.15, -0.1) is 11.3 Å². The van der Waals surface area contributed by atoms with Gasteiger partial charge in [0.15, 0.2) is 0 Å². The maximum absolute atomic E-state index is 11.2. The Morgan fingerprint density at radius 2 is 2.28 bits per heavy atom. The number of amides is 1. The zero-order chi connectivity index (χ0) is 12.5. The summed E-state index contributed by atoms with van der Waals surface area (Å²) in [5.41, 5.74) is 0. The Balaban J connectivity index is 1.75. The van der Waals surface area contributed by atoms with Gasteiger partial charge in [-0.1, -0.05) is 18.2 Å². The number of hydrogen-bond acceptors (Lipinski definition) is 3. The van der Waals surface area contributed by atoms with Gasteiger partial charge in [-0.3, -0.25) is 4.79 Å². The summed E-state index contributed by atoms with van der Waals surface area (Å²) < 4.78 is 1.32. The molecule has 18 heavy (non-hydrogen) atoms. The first-order valence-electron chi connectivity index (χ1n) is 6.23. The van der Waals surface area contributed by atoms with E-state index < -0.39 is 0 Å². The minimum atomic E-state index is 0.149. The molecule has 2 unspecified atom stereocenters. The van der Waals surface area contributed by atoms with Crippen LogP contribution in [0.15, 0.2) is 30.3 Å². The third-order valence-corrected chi connectivity index (χ3v) is 4.63. The summed E-state index contributed by atoms with van der Waals surface area (Å²) in [4.78, 5) is 12.5. The fourth-order valence-corrected chi connectivity index (χ4v) is 3.45. The van der Waals surface area contributed by atoms with Crippen molar-refractivity contribution in [3.63, 3.8) is 0 Å². The van der Waals surface area contributed by atoms with Crippen LogP contribution in [0.4, 0.5) is 0 Å². The minimum absolute atomic E-state index is 0.149. The van der Waals surface area contributed by atoms with Gasteiger partial charge in [0.05, 0.1) is 0 Å². The lowest BCUT2D eigenvalue weighted by Gasteiger charge is -2.16. The van der Waals surface area contributed by atoms with Crippen LogP contribution in [0.3, 0.4) is 0 Å². The van der Waals surface area contributed by atoms with Crippen molar-refractivity contribution in [2.24, 2.45) is 0 Å². The van der Waals surface area contributed by atoms with Gasteiger partial charge < -0.3 is 10.6 Å². The summed E-state index contributed by atoms with van der Waals surface area (Å²) in [5, 5.41) is 7.67. The third kappa shape index (κ3) is 2.26. The molecule has 3 rings (SSSR count). The second-order valence-corrected chi connectivity index (χ2v) is 5.90. The van der Waals surface area contributed by atoms with Crippen molar-refractivity contribution in [3.8, 4) is 0 Å². The number of carbonyl (C=O) groups excluding carboxylic acids is 1. The highest BCUT2D eigenvalue weighted by Gasteiger charge is 2.23. The number of fused-ring (bicyclic) bond motifs is 1. The minimum Gasteiger partial charge on any atom is -0.354 e. The third-order valence-electron chi connectivity index (χ3n) is 3.33. The van der Waals surface area contributed by atoms with Gasteiger partial charge in [-0.25, -0.2) is 0 Å². The Bertz CT molecular complexity index is 545. The van der Waals surface area contributed by atoms with Gasteiger partial charge in [0.1, 0.15) is 0 Å². The first-order chi connectivity index (χ1) is 8.72. The summed E-state index contributed by atoms with van der Waals surface area (Å²) >= 11 is 1.82. The van der Waals surface area contributed by atoms with E-state index in [0.29, 0.717) is 12.5 Å². The molecule has 1 aromatic carbocycles. The van der Waals surface area contributed by atoms with Crippen LogP contribution < -0.4 is 10.6 Å². The molecule has 1 aromatic heterocycles. The molecule has 0 radical (unpaired) electrons. The summed E-state index contributed by atoms with van der Waals surface area (Å²) in [6, 6.07) is 11.2. The van der Waals surface area contributed by atoms with Crippen LogP contribution in [0.2, 0.25) is 0 Å². The van der Waals surface area contributed by atoms with Gasteiger partial charge in [-0.05, 0) is 24.4 Å². The lowest BCUT2D eigenvalue weighted by Crippen LogP contribution is -2.32. The zero-order valence-corrected chi connectivity index (χ0v) is 11.1. The first kappa shape index (κ1) is 11.7. The van der Waals surface area contributed by atoms with Crippen molar-refractivity contribution in [1.29, 1.82) is 0 Å². The van der Waals surface area contributed by atoms with Crippen LogP contribution in [-0.2, 0) is 4.79 Å². The molecule has 0 spiro atoms. The van der Waals surface area contributed by atoms with Crippen LogP contribution >= 0.6 is 11.3 Å². The quantitative estimate of drug-likeness (QED) is 0.890. The number of benzene rings is 1. The van der Waals surface area contributed by atoms with Crippen LogP contribution in [0, 0.1) is 0 Å². The Morgan fingerprint density at radius 3 is 3.00 bits per heavy atom. The van der Waals surface area contributed by atoms with E-state index in [2.05, 4.69) is 47.9 Å². The van der Waals surface area contributed by atoms with Crippen molar-refractivity contribution >= 4 is 27.3 Å². The number of hydrogen-bond donors (Lipinski definition) is 2. The van der Waals surface area contributed by atoms with E-state index in [4.69, 9.17) is 0 Å². The van der Waals surface area contributed by atoms with Gasteiger partial charge in [0.25, 0.3) is 0 Å². The smallest absolute Gasteiger partial charge is 0.221 e. The van der Waals surface area contributed by atoms with Crippen LogP contribution in [-0.4, -0.2) is 18.5 Å². The first-order valence-corrected chi connectivity index (χ1v) is 7.05. The highest BCUT2D eigenvalue weighted by atomic mass is 32.1. The molecule has 2 heterocycles. The molecular weight excluding hydrogens is 244 g/mol. The van der Waals surface area contributed by atoms with Crippen LogP contribution in [0.25, 0.3) is 10.1 Å². The van der Waals surface area contributed by atoms with Crippen molar-refractivity contribution in [1.82, 2.24) is 10.6 Å². The summed E-state index contributed by atoms with van der Waals surface area (Å²) in [6.07, 6.45) is 0.592. The van der Waals surface area contributed by atoms with Crippen molar-refractivity contribution < 1.29 is 4.79 Å². The Labute approximate surface area is 110 Å². The number of thiophene rings is 1. The molecule has 0 aliphatic carbocycles. The molecule has 2 N–H and O–H groups in total. The summed E-state index contributed by atoms with van der Waals surface area (Å²) in [5.74, 6) is 0.149. The molecule has 94 valence electrons. The van der Waals surface area contributed by atoms with Gasteiger partial charge >= 0.3 is 0 Å². The van der Waals surface area contributed by atoms with E-state index in [-0.39, 0.29) is 11.9 Å². The maximum atomic E-state index is 11.2. The summed E-state index contributed by atoms with van der Waals surface area (Å²) in [6.45, 7) is 2.90. The van der Waals surface area contributed by atoms with E-state index >= 15 is 0 Å². The average molecular weight is 260 g/mol. The largest absolute Gasteiger partial charge is 0.354 e. The summed E-state index contributed by atoms with van der Waals surface area (Å²) in [7, 11) is 0. The molecule has 2 aromatic rings. The second kappa shape index (κ2) is 4.71. The van der Waals surface area contributed by atoms with Gasteiger partial charge in [0, 0.05) is 34.6 Å². The molecule has 3 nitrogen and oxygen atoms in total. The molecule has 0 bridgehead atoms. The Morgan fingerprint density at radius 1 is 1.44 bits per heavy atom.